The first-order chi connectivity index (χ1) is 12.7. The molecule has 0 unspecified atom stereocenters. The minimum absolute atomic E-state index is 0.00170. The van der Waals surface area contributed by atoms with E-state index in [0.29, 0.717) is 5.56 Å². The maximum absolute atomic E-state index is 12.9. The van der Waals surface area contributed by atoms with Crippen LogP contribution in [0.4, 0.5) is 18.9 Å². The van der Waals surface area contributed by atoms with Crippen molar-refractivity contribution in [1.29, 1.82) is 0 Å². The van der Waals surface area contributed by atoms with Gasteiger partial charge in [0.25, 0.3) is 5.91 Å². The number of aromatic carboxylic acids is 1. The van der Waals surface area contributed by atoms with E-state index in [-0.39, 0.29) is 20.5 Å². The second kappa shape index (κ2) is 7.16. The van der Waals surface area contributed by atoms with Crippen molar-refractivity contribution in [2.24, 2.45) is 0 Å². The third-order valence-corrected chi connectivity index (χ3v) is 5.01. The predicted octanol–water partition coefficient (Wildman–Crippen LogP) is 4.81. The highest BCUT2D eigenvalue weighted by Crippen LogP contribution is 2.38. The number of hydrogen-bond donors (Lipinski definition) is 1. The van der Waals surface area contributed by atoms with Crippen molar-refractivity contribution >= 4 is 51.9 Å². The van der Waals surface area contributed by atoms with Crippen LogP contribution in [0.5, 0.6) is 0 Å². The number of alkyl halides is 3. The SMILES string of the molecule is O=C(O)c1ccccc1/C=C1/SC(=S)N(c2cccc(C(F)(F)F)c2)C1=O. The highest BCUT2D eigenvalue weighted by Gasteiger charge is 2.36. The molecule has 1 aliphatic heterocycles. The maximum atomic E-state index is 12.9. The first-order valence-corrected chi connectivity index (χ1v) is 8.68. The molecule has 1 saturated heterocycles. The number of carboxylic acids is 1. The summed E-state index contributed by atoms with van der Waals surface area (Å²) in [5, 5.41) is 9.23. The maximum Gasteiger partial charge on any atom is 0.416 e. The Bertz CT molecular complexity index is 986. The van der Waals surface area contributed by atoms with Crippen LogP contribution < -0.4 is 4.90 Å². The van der Waals surface area contributed by atoms with Gasteiger partial charge in [-0.2, -0.15) is 13.2 Å². The van der Waals surface area contributed by atoms with Crippen LogP contribution in [-0.4, -0.2) is 21.3 Å². The third kappa shape index (κ3) is 3.88. The van der Waals surface area contributed by atoms with Crippen LogP contribution in [0.3, 0.4) is 0 Å². The van der Waals surface area contributed by atoms with Gasteiger partial charge in [-0.05, 0) is 35.9 Å². The number of hydrogen-bond acceptors (Lipinski definition) is 4. The van der Waals surface area contributed by atoms with Gasteiger partial charge < -0.3 is 5.11 Å². The monoisotopic (exact) mass is 409 g/mol. The number of rotatable bonds is 3. The van der Waals surface area contributed by atoms with Crippen LogP contribution in [0.1, 0.15) is 21.5 Å². The van der Waals surface area contributed by atoms with Crippen molar-refractivity contribution in [2.45, 2.75) is 6.18 Å². The number of carbonyl (C=O) groups excluding carboxylic acids is 1. The van der Waals surface area contributed by atoms with Crippen LogP contribution >= 0.6 is 24.0 Å². The lowest BCUT2D eigenvalue weighted by atomic mass is 10.1. The van der Waals surface area contributed by atoms with Gasteiger partial charge in [-0.25, -0.2) is 4.79 Å². The molecule has 0 spiro atoms. The fraction of sp³-hybridized carbons (Fsp3) is 0.0556. The lowest BCUT2D eigenvalue weighted by Gasteiger charge is -2.16. The molecule has 1 amide bonds. The fourth-order valence-corrected chi connectivity index (χ4v) is 3.76. The van der Waals surface area contributed by atoms with Crippen molar-refractivity contribution in [3.63, 3.8) is 0 Å². The second-order valence-electron chi connectivity index (χ2n) is 5.46. The van der Waals surface area contributed by atoms with E-state index in [4.69, 9.17) is 12.2 Å². The smallest absolute Gasteiger partial charge is 0.416 e. The first kappa shape index (κ1) is 19.1. The molecule has 2 aromatic carbocycles. The van der Waals surface area contributed by atoms with Gasteiger partial charge in [0.2, 0.25) is 0 Å². The summed E-state index contributed by atoms with van der Waals surface area (Å²) < 4.78 is 38.8. The van der Waals surface area contributed by atoms with Crippen LogP contribution in [0.25, 0.3) is 6.08 Å². The van der Waals surface area contributed by atoms with E-state index in [0.717, 1.165) is 28.8 Å². The zero-order valence-electron chi connectivity index (χ0n) is 13.4. The summed E-state index contributed by atoms with van der Waals surface area (Å²) >= 11 is 6.04. The Labute approximate surface area is 161 Å². The molecule has 138 valence electrons. The summed E-state index contributed by atoms with van der Waals surface area (Å²) in [7, 11) is 0. The Morgan fingerprint density at radius 2 is 1.85 bits per heavy atom. The quantitative estimate of drug-likeness (QED) is 0.583. The number of carboxylic acid groups (broad SMARTS) is 1. The van der Waals surface area contributed by atoms with E-state index < -0.39 is 23.6 Å². The van der Waals surface area contributed by atoms with Gasteiger partial charge in [-0.1, -0.05) is 48.2 Å². The molecule has 1 aliphatic rings. The largest absolute Gasteiger partial charge is 0.478 e. The molecule has 3 rings (SSSR count). The minimum atomic E-state index is -4.55. The van der Waals surface area contributed by atoms with E-state index in [1.165, 1.54) is 30.3 Å². The third-order valence-electron chi connectivity index (χ3n) is 3.70. The average Bonchev–Trinajstić information content (AvgIpc) is 2.88. The second-order valence-corrected chi connectivity index (χ2v) is 7.13. The summed E-state index contributed by atoms with van der Waals surface area (Å²) in [6.45, 7) is 0. The summed E-state index contributed by atoms with van der Waals surface area (Å²) in [6.07, 6.45) is -3.18. The van der Waals surface area contributed by atoms with Crippen molar-refractivity contribution in [2.75, 3.05) is 4.90 Å². The van der Waals surface area contributed by atoms with Crippen molar-refractivity contribution < 1.29 is 27.9 Å². The molecule has 0 saturated carbocycles. The normalized spacial score (nSPS) is 16.3. The average molecular weight is 409 g/mol. The topological polar surface area (TPSA) is 57.6 Å². The van der Waals surface area contributed by atoms with E-state index in [1.54, 1.807) is 12.1 Å². The molecule has 9 heteroatoms. The van der Waals surface area contributed by atoms with E-state index >= 15 is 0 Å². The van der Waals surface area contributed by atoms with Gasteiger partial charge in [0.05, 0.1) is 21.7 Å². The Morgan fingerprint density at radius 1 is 1.15 bits per heavy atom. The summed E-state index contributed by atoms with van der Waals surface area (Å²) in [5.41, 5.74) is -0.590. The first-order valence-electron chi connectivity index (χ1n) is 7.46. The number of carbonyl (C=O) groups is 2. The Morgan fingerprint density at radius 3 is 2.52 bits per heavy atom. The fourth-order valence-electron chi connectivity index (χ4n) is 2.47. The Balaban J connectivity index is 1.98. The molecule has 27 heavy (non-hydrogen) atoms. The number of amides is 1. The number of thiocarbonyl (C=S) groups is 1. The lowest BCUT2D eigenvalue weighted by molar-refractivity contribution is -0.137. The van der Waals surface area contributed by atoms with Gasteiger partial charge in [-0.3, -0.25) is 9.69 Å². The molecule has 0 aromatic heterocycles. The number of anilines is 1. The Kier molecular flexibility index (Phi) is 5.07. The van der Waals surface area contributed by atoms with Gasteiger partial charge in [0.15, 0.2) is 4.32 Å². The molecule has 0 aliphatic carbocycles. The van der Waals surface area contributed by atoms with Crippen LogP contribution in [-0.2, 0) is 11.0 Å². The molecule has 2 aromatic rings. The van der Waals surface area contributed by atoms with Gasteiger partial charge in [0.1, 0.15) is 0 Å². The van der Waals surface area contributed by atoms with Gasteiger partial charge >= 0.3 is 12.1 Å². The lowest BCUT2D eigenvalue weighted by Crippen LogP contribution is -2.27. The Hall–Kier alpha value is -2.65. The highest BCUT2D eigenvalue weighted by molar-refractivity contribution is 8.27. The van der Waals surface area contributed by atoms with Crippen molar-refractivity contribution in [1.82, 2.24) is 0 Å². The van der Waals surface area contributed by atoms with Crippen LogP contribution in [0.15, 0.2) is 53.4 Å². The van der Waals surface area contributed by atoms with E-state index in [9.17, 15) is 27.9 Å². The van der Waals surface area contributed by atoms with E-state index in [1.807, 2.05) is 0 Å². The molecule has 0 radical (unpaired) electrons. The molecule has 1 heterocycles. The number of thioether (sulfide) groups is 1. The molecule has 0 bridgehead atoms. The standard InChI is InChI=1S/C18H10F3NO3S2/c19-18(20,21)11-5-3-6-12(9-11)22-15(23)14(27-17(22)26)8-10-4-1-2-7-13(10)16(24)25/h1-9H,(H,24,25)/b14-8+. The molecule has 0 atom stereocenters. The zero-order chi connectivity index (χ0) is 19.8. The molecule has 1 N–H and O–H groups in total. The van der Waals surface area contributed by atoms with Crippen molar-refractivity contribution in [3.05, 3.63) is 70.1 Å². The summed E-state index contributed by atoms with van der Waals surface area (Å²) in [4.78, 5) is 25.1. The molecular formula is C18H10F3NO3S2. The van der Waals surface area contributed by atoms with Gasteiger partial charge in [-0.15, -0.1) is 0 Å². The van der Waals surface area contributed by atoms with Crippen LogP contribution in [0.2, 0.25) is 0 Å². The van der Waals surface area contributed by atoms with Crippen LogP contribution in [0, 0.1) is 0 Å². The van der Waals surface area contributed by atoms with Gasteiger partial charge in [0, 0.05) is 0 Å². The minimum Gasteiger partial charge on any atom is -0.478 e. The molecule has 4 nitrogen and oxygen atoms in total. The van der Waals surface area contributed by atoms with Crippen molar-refractivity contribution in [3.8, 4) is 0 Å². The molecular weight excluding hydrogens is 399 g/mol. The molecule has 1 fully saturated rings. The summed E-state index contributed by atoms with van der Waals surface area (Å²) in [6, 6.07) is 10.4. The number of nitrogens with zero attached hydrogens (tertiary/aromatic N) is 1. The highest BCUT2D eigenvalue weighted by atomic mass is 32.2. The predicted molar refractivity (Wildman–Crippen MR) is 100 cm³/mol. The zero-order valence-corrected chi connectivity index (χ0v) is 15.0. The number of halogens is 3. The number of benzene rings is 2. The summed E-state index contributed by atoms with van der Waals surface area (Å²) in [5.74, 6) is -1.76. The van der Waals surface area contributed by atoms with E-state index in [2.05, 4.69) is 0 Å².